The maximum Gasteiger partial charge on any atom is 0.0897 e. The second-order valence-corrected chi connectivity index (χ2v) is 4.72. The summed E-state index contributed by atoms with van der Waals surface area (Å²) in [7, 11) is 0. The summed E-state index contributed by atoms with van der Waals surface area (Å²) in [5.41, 5.74) is 7.64. The van der Waals surface area contributed by atoms with E-state index in [4.69, 9.17) is 10.8 Å². The maximum atomic E-state index is 9.40. The SMILES string of the molecule is Nc1ccc(N2CCN(CC(O)CO)CC2)cc1. The van der Waals surface area contributed by atoms with Crippen LogP contribution in [0.15, 0.2) is 24.3 Å². The lowest BCUT2D eigenvalue weighted by Crippen LogP contribution is -2.49. The molecule has 1 atom stereocenters. The number of piperazine rings is 1. The van der Waals surface area contributed by atoms with E-state index in [1.54, 1.807) is 0 Å². The minimum absolute atomic E-state index is 0.168. The Morgan fingerprint density at radius 3 is 2.28 bits per heavy atom. The van der Waals surface area contributed by atoms with Gasteiger partial charge < -0.3 is 20.8 Å². The molecule has 1 heterocycles. The summed E-state index contributed by atoms with van der Waals surface area (Å²) in [4.78, 5) is 4.48. The summed E-state index contributed by atoms with van der Waals surface area (Å²) in [5.74, 6) is 0. The van der Waals surface area contributed by atoms with Crippen LogP contribution in [0.3, 0.4) is 0 Å². The Bertz CT molecular complexity index is 361. The molecule has 1 unspecified atom stereocenters. The first-order valence-electron chi connectivity index (χ1n) is 6.31. The molecule has 0 aliphatic carbocycles. The highest BCUT2D eigenvalue weighted by Gasteiger charge is 2.18. The predicted octanol–water partition coefficient (Wildman–Crippen LogP) is -0.256. The van der Waals surface area contributed by atoms with Crippen molar-refractivity contribution in [3.63, 3.8) is 0 Å². The fraction of sp³-hybridized carbons (Fsp3) is 0.538. The highest BCUT2D eigenvalue weighted by Crippen LogP contribution is 2.18. The largest absolute Gasteiger partial charge is 0.399 e. The number of anilines is 2. The molecule has 1 aromatic rings. The van der Waals surface area contributed by atoms with E-state index in [1.807, 2.05) is 24.3 Å². The zero-order valence-corrected chi connectivity index (χ0v) is 10.5. The third-order valence-electron chi connectivity index (χ3n) is 3.31. The van der Waals surface area contributed by atoms with Crippen molar-refractivity contribution in [2.45, 2.75) is 6.10 Å². The van der Waals surface area contributed by atoms with Crippen molar-refractivity contribution < 1.29 is 10.2 Å². The number of hydrogen-bond donors (Lipinski definition) is 3. The second-order valence-electron chi connectivity index (χ2n) is 4.72. The number of benzene rings is 1. The zero-order chi connectivity index (χ0) is 13.0. The average molecular weight is 251 g/mol. The van der Waals surface area contributed by atoms with Crippen LogP contribution in [0.25, 0.3) is 0 Å². The van der Waals surface area contributed by atoms with Crippen LogP contribution in [0.4, 0.5) is 11.4 Å². The number of rotatable bonds is 4. The molecule has 4 N–H and O–H groups in total. The molecule has 1 aliphatic rings. The van der Waals surface area contributed by atoms with Crippen LogP contribution in [-0.2, 0) is 0 Å². The first-order chi connectivity index (χ1) is 8.69. The molecule has 0 saturated carbocycles. The molecular formula is C13H21N3O2. The number of nitrogens with zero attached hydrogens (tertiary/aromatic N) is 2. The van der Waals surface area contributed by atoms with Gasteiger partial charge in [-0.05, 0) is 24.3 Å². The number of aliphatic hydroxyl groups is 2. The number of nitrogen functional groups attached to an aromatic ring is 1. The Labute approximate surface area is 107 Å². The van der Waals surface area contributed by atoms with Gasteiger partial charge >= 0.3 is 0 Å². The molecule has 18 heavy (non-hydrogen) atoms. The van der Waals surface area contributed by atoms with Gasteiger partial charge in [-0.3, -0.25) is 4.90 Å². The number of hydrogen-bond acceptors (Lipinski definition) is 5. The van der Waals surface area contributed by atoms with Gasteiger partial charge in [0.25, 0.3) is 0 Å². The Morgan fingerprint density at radius 2 is 1.72 bits per heavy atom. The Kier molecular flexibility index (Phi) is 4.41. The minimum Gasteiger partial charge on any atom is -0.399 e. The third-order valence-corrected chi connectivity index (χ3v) is 3.31. The number of nitrogens with two attached hydrogens (primary N) is 1. The molecule has 1 aromatic carbocycles. The van der Waals surface area contributed by atoms with Crippen molar-refractivity contribution in [2.75, 3.05) is 50.0 Å². The molecule has 0 radical (unpaired) electrons. The Hall–Kier alpha value is -1.30. The second kappa shape index (κ2) is 6.04. The fourth-order valence-corrected chi connectivity index (χ4v) is 2.23. The van der Waals surface area contributed by atoms with E-state index in [0.29, 0.717) is 6.54 Å². The van der Waals surface area contributed by atoms with Crippen LogP contribution >= 0.6 is 0 Å². The highest BCUT2D eigenvalue weighted by molar-refractivity contribution is 5.53. The summed E-state index contributed by atoms with van der Waals surface area (Å²) < 4.78 is 0. The lowest BCUT2D eigenvalue weighted by molar-refractivity contribution is 0.0575. The average Bonchev–Trinajstić information content (AvgIpc) is 2.40. The summed E-state index contributed by atoms with van der Waals surface area (Å²) in [5, 5.41) is 18.2. The van der Waals surface area contributed by atoms with E-state index < -0.39 is 6.10 Å². The predicted molar refractivity (Wildman–Crippen MR) is 72.6 cm³/mol. The molecule has 5 heteroatoms. The summed E-state index contributed by atoms with van der Waals surface area (Å²) in [6.45, 7) is 4.05. The lowest BCUT2D eigenvalue weighted by atomic mass is 10.2. The van der Waals surface area contributed by atoms with E-state index in [0.717, 1.165) is 31.9 Å². The van der Waals surface area contributed by atoms with Crippen molar-refractivity contribution in [1.29, 1.82) is 0 Å². The van der Waals surface area contributed by atoms with Crippen LogP contribution in [0.1, 0.15) is 0 Å². The van der Waals surface area contributed by atoms with Crippen LogP contribution in [0, 0.1) is 0 Å². The van der Waals surface area contributed by atoms with Crippen LogP contribution in [0.2, 0.25) is 0 Å². The van der Waals surface area contributed by atoms with Gasteiger partial charge in [0.2, 0.25) is 0 Å². The molecule has 0 amide bonds. The molecule has 5 nitrogen and oxygen atoms in total. The third kappa shape index (κ3) is 3.35. The summed E-state index contributed by atoms with van der Waals surface area (Å²) >= 11 is 0. The highest BCUT2D eigenvalue weighted by atomic mass is 16.3. The summed E-state index contributed by atoms with van der Waals surface area (Å²) in [6.07, 6.45) is -0.631. The molecule has 1 aliphatic heterocycles. The maximum absolute atomic E-state index is 9.40. The molecule has 0 bridgehead atoms. The topological polar surface area (TPSA) is 73.0 Å². The first kappa shape index (κ1) is 13.1. The van der Waals surface area contributed by atoms with Crippen LogP contribution in [-0.4, -0.2) is 60.5 Å². The molecule has 2 rings (SSSR count). The smallest absolute Gasteiger partial charge is 0.0897 e. The molecular weight excluding hydrogens is 230 g/mol. The molecule has 100 valence electrons. The van der Waals surface area contributed by atoms with Gasteiger partial charge in [-0.2, -0.15) is 0 Å². The standard InChI is InChI=1S/C13H21N3O2/c14-11-1-3-12(4-2-11)16-7-5-15(6-8-16)9-13(18)10-17/h1-4,13,17-18H,5-10,14H2. The lowest BCUT2D eigenvalue weighted by Gasteiger charge is -2.36. The van der Waals surface area contributed by atoms with Crippen molar-refractivity contribution >= 4 is 11.4 Å². The van der Waals surface area contributed by atoms with E-state index in [-0.39, 0.29) is 6.61 Å². The molecule has 1 saturated heterocycles. The first-order valence-corrected chi connectivity index (χ1v) is 6.31. The summed E-state index contributed by atoms with van der Waals surface area (Å²) in [6, 6.07) is 7.90. The fourth-order valence-electron chi connectivity index (χ4n) is 2.23. The van der Waals surface area contributed by atoms with Crippen molar-refractivity contribution in [3.8, 4) is 0 Å². The zero-order valence-electron chi connectivity index (χ0n) is 10.5. The van der Waals surface area contributed by atoms with Crippen molar-refractivity contribution in [1.82, 2.24) is 4.90 Å². The van der Waals surface area contributed by atoms with Gasteiger partial charge in [-0.15, -0.1) is 0 Å². The van der Waals surface area contributed by atoms with Gasteiger partial charge in [-0.1, -0.05) is 0 Å². The van der Waals surface area contributed by atoms with Crippen molar-refractivity contribution in [2.24, 2.45) is 0 Å². The quantitative estimate of drug-likeness (QED) is 0.643. The van der Waals surface area contributed by atoms with Gasteiger partial charge in [0, 0.05) is 44.1 Å². The van der Waals surface area contributed by atoms with Crippen molar-refractivity contribution in [3.05, 3.63) is 24.3 Å². The number of aliphatic hydroxyl groups excluding tert-OH is 2. The molecule has 1 fully saturated rings. The van der Waals surface area contributed by atoms with Gasteiger partial charge in [0.05, 0.1) is 12.7 Å². The monoisotopic (exact) mass is 251 g/mol. The molecule has 0 aromatic heterocycles. The normalized spacial score (nSPS) is 18.9. The van der Waals surface area contributed by atoms with E-state index >= 15 is 0 Å². The number of β-amino-alcohol motifs (C(OH)–C–C–N with tert-alkyl or cyclic N) is 1. The van der Waals surface area contributed by atoms with E-state index in [2.05, 4.69) is 9.80 Å². The molecule has 0 spiro atoms. The van der Waals surface area contributed by atoms with Crippen LogP contribution in [0.5, 0.6) is 0 Å². The van der Waals surface area contributed by atoms with E-state index in [9.17, 15) is 5.11 Å². The Balaban J connectivity index is 1.84. The van der Waals surface area contributed by atoms with Gasteiger partial charge in [-0.25, -0.2) is 0 Å². The van der Waals surface area contributed by atoms with E-state index in [1.165, 1.54) is 5.69 Å². The van der Waals surface area contributed by atoms with Gasteiger partial charge in [0.1, 0.15) is 0 Å². The minimum atomic E-state index is -0.631. The van der Waals surface area contributed by atoms with Crippen LogP contribution < -0.4 is 10.6 Å². The van der Waals surface area contributed by atoms with Gasteiger partial charge in [0.15, 0.2) is 0 Å². The Morgan fingerprint density at radius 1 is 1.11 bits per heavy atom.